The molecule has 4 heteroatoms. The Labute approximate surface area is 58.6 Å². The third-order valence-electron chi connectivity index (χ3n) is 1.53. The van der Waals surface area contributed by atoms with E-state index in [2.05, 4.69) is 5.32 Å². The normalized spacial score (nSPS) is 28.5. The quantitative estimate of drug-likeness (QED) is 0.593. The molecule has 0 aromatic carbocycles. The molecule has 0 radical (unpaired) electrons. The van der Waals surface area contributed by atoms with E-state index in [9.17, 15) is 8.78 Å². The Morgan fingerprint density at radius 3 is 2.60 bits per heavy atom. The van der Waals surface area contributed by atoms with E-state index >= 15 is 0 Å². The molecule has 0 aromatic rings. The highest BCUT2D eigenvalue weighted by Gasteiger charge is 2.35. The molecule has 0 spiro atoms. The SMILES string of the molecule is CC(F)(F)C1COCCN1. The van der Waals surface area contributed by atoms with Crippen LogP contribution in [-0.4, -0.2) is 31.7 Å². The highest BCUT2D eigenvalue weighted by molar-refractivity contribution is 4.81. The Morgan fingerprint density at radius 1 is 1.60 bits per heavy atom. The fourth-order valence-corrected chi connectivity index (χ4v) is 0.891. The van der Waals surface area contributed by atoms with Gasteiger partial charge in [0.15, 0.2) is 0 Å². The summed E-state index contributed by atoms with van der Waals surface area (Å²) in [6.07, 6.45) is 0. The van der Waals surface area contributed by atoms with Crippen LogP contribution >= 0.6 is 0 Å². The van der Waals surface area contributed by atoms with Crippen LogP contribution in [0.1, 0.15) is 6.92 Å². The molecule has 0 aromatic heterocycles. The van der Waals surface area contributed by atoms with E-state index in [1.54, 1.807) is 0 Å². The monoisotopic (exact) mass is 151 g/mol. The minimum Gasteiger partial charge on any atom is -0.378 e. The molecule has 1 unspecified atom stereocenters. The molecule has 1 rings (SSSR count). The van der Waals surface area contributed by atoms with Gasteiger partial charge in [-0.05, 0) is 0 Å². The Hall–Kier alpha value is -0.220. The maximum Gasteiger partial charge on any atom is 0.262 e. The number of morpholine rings is 1. The second-order valence-electron chi connectivity index (χ2n) is 2.54. The molecule has 0 saturated carbocycles. The van der Waals surface area contributed by atoms with Gasteiger partial charge in [0.05, 0.1) is 19.3 Å². The van der Waals surface area contributed by atoms with E-state index in [1.807, 2.05) is 0 Å². The summed E-state index contributed by atoms with van der Waals surface area (Å²) >= 11 is 0. The topological polar surface area (TPSA) is 21.3 Å². The standard InChI is InChI=1S/C6H11F2NO/c1-6(7,8)5-4-10-3-2-9-5/h5,9H,2-4H2,1H3. The molecule has 0 bridgehead atoms. The fraction of sp³-hybridized carbons (Fsp3) is 1.00. The Morgan fingerprint density at radius 2 is 2.30 bits per heavy atom. The summed E-state index contributed by atoms with van der Waals surface area (Å²) in [5.74, 6) is -2.67. The zero-order valence-corrected chi connectivity index (χ0v) is 5.86. The van der Waals surface area contributed by atoms with Gasteiger partial charge in [-0.15, -0.1) is 0 Å². The number of alkyl halides is 2. The van der Waals surface area contributed by atoms with Gasteiger partial charge in [-0.1, -0.05) is 0 Å². The predicted molar refractivity (Wildman–Crippen MR) is 33.2 cm³/mol. The first kappa shape index (κ1) is 7.88. The molecule has 1 aliphatic rings. The highest BCUT2D eigenvalue weighted by atomic mass is 19.3. The lowest BCUT2D eigenvalue weighted by atomic mass is 10.1. The van der Waals surface area contributed by atoms with Crippen molar-refractivity contribution in [3.05, 3.63) is 0 Å². The van der Waals surface area contributed by atoms with E-state index < -0.39 is 12.0 Å². The minimum atomic E-state index is -2.67. The molecule has 10 heavy (non-hydrogen) atoms. The minimum absolute atomic E-state index is 0.115. The summed E-state index contributed by atoms with van der Waals surface area (Å²) in [5.41, 5.74) is 0. The molecule has 1 N–H and O–H groups in total. The van der Waals surface area contributed by atoms with Gasteiger partial charge < -0.3 is 10.1 Å². The van der Waals surface area contributed by atoms with E-state index in [-0.39, 0.29) is 6.61 Å². The Kier molecular flexibility index (Phi) is 2.21. The predicted octanol–water partition coefficient (Wildman–Crippen LogP) is 0.630. The van der Waals surface area contributed by atoms with Crippen molar-refractivity contribution in [3.8, 4) is 0 Å². The highest BCUT2D eigenvalue weighted by Crippen LogP contribution is 2.18. The van der Waals surface area contributed by atoms with Gasteiger partial charge in [0.1, 0.15) is 0 Å². The zero-order valence-electron chi connectivity index (χ0n) is 5.86. The van der Waals surface area contributed by atoms with Crippen LogP contribution in [0.3, 0.4) is 0 Å². The van der Waals surface area contributed by atoms with Crippen LogP contribution < -0.4 is 5.32 Å². The maximum atomic E-state index is 12.5. The van der Waals surface area contributed by atoms with Crippen molar-refractivity contribution in [2.75, 3.05) is 19.8 Å². The summed E-state index contributed by atoms with van der Waals surface area (Å²) in [4.78, 5) is 0. The van der Waals surface area contributed by atoms with Crippen molar-refractivity contribution in [1.29, 1.82) is 0 Å². The third kappa shape index (κ3) is 1.88. The van der Waals surface area contributed by atoms with Gasteiger partial charge in [0.25, 0.3) is 5.92 Å². The van der Waals surface area contributed by atoms with Crippen molar-refractivity contribution < 1.29 is 13.5 Å². The Balaban J connectivity index is 2.39. The number of hydrogen-bond acceptors (Lipinski definition) is 2. The van der Waals surface area contributed by atoms with Gasteiger partial charge in [-0.25, -0.2) is 8.78 Å². The number of halogens is 2. The number of ether oxygens (including phenoxy) is 1. The first-order chi connectivity index (χ1) is 4.61. The van der Waals surface area contributed by atoms with E-state index in [4.69, 9.17) is 4.74 Å². The van der Waals surface area contributed by atoms with E-state index in [0.717, 1.165) is 6.92 Å². The van der Waals surface area contributed by atoms with Gasteiger partial charge in [0, 0.05) is 13.5 Å². The first-order valence-electron chi connectivity index (χ1n) is 3.29. The van der Waals surface area contributed by atoms with Crippen molar-refractivity contribution >= 4 is 0 Å². The van der Waals surface area contributed by atoms with E-state index in [0.29, 0.717) is 13.2 Å². The van der Waals surface area contributed by atoms with Crippen molar-refractivity contribution in [1.82, 2.24) is 5.32 Å². The molecule has 1 aliphatic heterocycles. The summed E-state index contributed by atoms with van der Waals surface area (Å²) in [6, 6.07) is -0.804. The molecular weight excluding hydrogens is 140 g/mol. The molecule has 0 amide bonds. The van der Waals surface area contributed by atoms with Crippen molar-refractivity contribution in [3.63, 3.8) is 0 Å². The molecule has 1 heterocycles. The summed E-state index contributed by atoms with van der Waals surface area (Å²) in [5, 5.41) is 2.68. The summed E-state index contributed by atoms with van der Waals surface area (Å²) in [6.45, 7) is 2.07. The number of rotatable bonds is 1. The van der Waals surface area contributed by atoms with Crippen LogP contribution in [0, 0.1) is 0 Å². The third-order valence-corrected chi connectivity index (χ3v) is 1.53. The number of hydrogen-bond donors (Lipinski definition) is 1. The van der Waals surface area contributed by atoms with E-state index in [1.165, 1.54) is 0 Å². The van der Waals surface area contributed by atoms with Crippen molar-refractivity contribution in [2.24, 2.45) is 0 Å². The van der Waals surface area contributed by atoms with Gasteiger partial charge in [-0.3, -0.25) is 0 Å². The summed E-state index contributed by atoms with van der Waals surface area (Å²) in [7, 11) is 0. The zero-order chi connectivity index (χ0) is 7.61. The van der Waals surface area contributed by atoms with Crippen LogP contribution in [0.25, 0.3) is 0 Å². The average Bonchev–Trinajstić information content (AvgIpc) is 1.88. The van der Waals surface area contributed by atoms with Gasteiger partial charge >= 0.3 is 0 Å². The molecule has 1 saturated heterocycles. The van der Waals surface area contributed by atoms with Crippen molar-refractivity contribution in [2.45, 2.75) is 18.9 Å². The first-order valence-corrected chi connectivity index (χ1v) is 3.29. The molecule has 2 nitrogen and oxygen atoms in total. The molecular formula is C6H11F2NO. The lowest BCUT2D eigenvalue weighted by Crippen LogP contribution is -2.51. The molecule has 1 atom stereocenters. The molecule has 60 valence electrons. The Bertz CT molecular complexity index is 107. The van der Waals surface area contributed by atoms with Gasteiger partial charge in [-0.2, -0.15) is 0 Å². The molecule has 1 fully saturated rings. The number of nitrogens with one attached hydrogen (secondary N) is 1. The lowest BCUT2D eigenvalue weighted by molar-refractivity contribution is -0.0665. The largest absolute Gasteiger partial charge is 0.378 e. The van der Waals surface area contributed by atoms with Crippen LogP contribution in [0.5, 0.6) is 0 Å². The van der Waals surface area contributed by atoms with Crippen LogP contribution in [0.2, 0.25) is 0 Å². The second kappa shape index (κ2) is 2.80. The van der Waals surface area contributed by atoms with Crippen LogP contribution in [0.15, 0.2) is 0 Å². The smallest absolute Gasteiger partial charge is 0.262 e. The maximum absolute atomic E-state index is 12.5. The fourth-order valence-electron chi connectivity index (χ4n) is 0.891. The lowest BCUT2D eigenvalue weighted by Gasteiger charge is -2.28. The summed E-state index contributed by atoms with van der Waals surface area (Å²) < 4.78 is 29.8. The molecule has 0 aliphatic carbocycles. The second-order valence-corrected chi connectivity index (χ2v) is 2.54. The van der Waals surface area contributed by atoms with Crippen LogP contribution in [-0.2, 0) is 4.74 Å². The average molecular weight is 151 g/mol. The van der Waals surface area contributed by atoms with Gasteiger partial charge in [0.2, 0.25) is 0 Å². The van der Waals surface area contributed by atoms with Crippen LogP contribution in [0.4, 0.5) is 8.78 Å².